The molecular weight excluding hydrogens is 293 g/mol. The number of hydrogen-bond donors (Lipinski definition) is 1. The number of aliphatic hydroxyl groups excluding tert-OH is 1. The van der Waals surface area contributed by atoms with Gasteiger partial charge in [0, 0.05) is 24.7 Å². The predicted octanol–water partition coefficient (Wildman–Crippen LogP) is 1.87. The molecule has 0 aromatic heterocycles. The van der Waals surface area contributed by atoms with E-state index in [-0.39, 0.29) is 22.4 Å². The highest BCUT2D eigenvalue weighted by Crippen LogP contribution is 2.26. The van der Waals surface area contributed by atoms with Gasteiger partial charge in [0.05, 0.1) is 0 Å². The lowest BCUT2D eigenvalue weighted by atomic mass is 10.00. The van der Waals surface area contributed by atoms with Gasteiger partial charge in [0.2, 0.25) is 10.0 Å². The average molecular weight is 308 g/mol. The summed E-state index contributed by atoms with van der Waals surface area (Å²) in [5.74, 6) is -0.710. The van der Waals surface area contributed by atoms with Crippen molar-refractivity contribution in [2.24, 2.45) is 5.92 Å². The number of piperidine rings is 1. The van der Waals surface area contributed by atoms with Gasteiger partial charge >= 0.3 is 0 Å². The van der Waals surface area contributed by atoms with Gasteiger partial charge in [-0.15, -0.1) is 0 Å². The molecule has 1 N–H and O–H groups in total. The van der Waals surface area contributed by atoms with Crippen molar-refractivity contribution in [1.82, 2.24) is 4.31 Å². The lowest BCUT2D eigenvalue weighted by Crippen LogP contribution is -2.39. The topological polar surface area (TPSA) is 57.6 Å². The first-order valence-electron chi connectivity index (χ1n) is 6.01. The summed E-state index contributed by atoms with van der Waals surface area (Å²) in [5.41, 5.74) is 0. The number of sulfonamides is 1. The summed E-state index contributed by atoms with van der Waals surface area (Å²) < 4.78 is 39.6. The fraction of sp³-hybridized carbons (Fsp3) is 0.500. The zero-order valence-corrected chi connectivity index (χ0v) is 11.8. The fourth-order valence-corrected chi connectivity index (χ4v) is 3.83. The van der Waals surface area contributed by atoms with Gasteiger partial charge in [-0.1, -0.05) is 11.6 Å². The van der Waals surface area contributed by atoms with Crippen LogP contribution in [0.2, 0.25) is 5.02 Å². The van der Waals surface area contributed by atoms with Crippen LogP contribution in [0.4, 0.5) is 4.39 Å². The monoisotopic (exact) mass is 307 g/mol. The number of rotatable bonds is 3. The van der Waals surface area contributed by atoms with Gasteiger partial charge in [0.25, 0.3) is 0 Å². The van der Waals surface area contributed by atoms with E-state index in [4.69, 9.17) is 16.7 Å². The van der Waals surface area contributed by atoms with Crippen LogP contribution in [0.5, 0.6) is 0 Å². The molecule has 0 bridgehead atoms. The molecule has 1 aromatic carbocycles. The summed E-state index contributed by atoms with van der Waals surface area (Å²) in [7, 11) is -3.82. The maximum Gasteiger partial charge on any atom is 0.245 e. The van der Waals surface area contributed by atoms with Crippen LogP contribution in [0.15, 0.2) is 23.1 Å². The summed E-state index contributed by atoms with van der Waals surface area (Å²) in [6.07, 6.45) is 1.18. The van der Waals surface area contributed by atoms with Crippen molar-refractivity contribution in [3.63, 3.8) is 0 Å². The minimum absolute atomic E-state index is 0.0587. The molecule has 4 nitrogen and oxygen atoms in total. The molecule has 1 heterocycles. The van der Waals surface area contributed by atoms with Crippen LogP contribution in [-0.4, -0.2) is 37.5 Å². The molecule has 0 spiro atoms. The van der Waals surface area contributed by atoms with Gasteiger partial charge in [-0.05, 0) is 37.0 Å². The van der Waals surface area contributed by atoms with Crippen LogP contribution in [0.25, 0.3) is 0 Å². The SMILES string of the molecule is O=S(=O)(c1ccc(Cl)cc1F)N1CCC(CO)CC1. The third-order valence-corrected chi connectivity index (χ3v) is 5.51. The first-order chi connectivity index (χ1) is 8.95. The number of nitrogens with zero attached hydrogens (tertiary/aromatic N) is 1. The second kappa shape index (κ2) is 5.75. The van der Waals surface area contributed by atoms with Crippen molar-refractivity contribution in [2.75, 3.05) is 19.7 Å². The van der Waals surface area contributed by atoms with Crippen molar-refractivity contribution in [2.45, 2.75) is 17.7 Å². The summed E-state index contributed by atoms with van der Waals surface area (Å²) in [4.78, 5) is -0.348. The molecule has 1 fully saturated rings. The summed E-state index contributed by atoms with van der Waals surface area (Å²) in [6.45, 7) is 0.661. The van der Waals surface area contributed by atoms with Gasteiger partial charge in [0.1, 0.15) is 10.7 Å². The van der Waals surface area contributed by atoms with E-state index in [1.165, 1.54) is 16.4 Å². The Morgan fingerprint density at radius 3 is 2.53 bits per heavy atom. The molecule has 1 saturated heterocycles. The lowest BCUT2D eigenvalue weighted by Gasteiger charge is -2.30. The lowest BCUT2D eigenvalue weighted by molar-refractivity contribution is 0.170. The molecule has 7 heteroatoms. The van der Waals surface area contributed by atoms with Gasteiger partial charge < -0.3 is 5.11 Å². The van der Waals surface area contributed by atoms with Crippen molar-refractivity contribution >= 4 is 21.6 Å². The highest BCUT2D eigenvalue weighted by atomic mass is 35.5. The molecular formula is C12H15ClFNO3S. The zero-order chi connectivity index (χ0) is 14.0. The van der Waals surface area contributed by atoms with E-state index in [2.05, 4.69) is 0 Å². The second-order valence-electron chi connectivity index (χ2n) is 4.60. The highest BCUT2D eigenvalue weighted by molar-refractivity contribution is 7.89. The number of halogens is 2. The normalized spacial score (nSPS) is 18.7. The van der Waals surface area contributed by atoms with Crippen LogP contribution in [0.1, 0.15) is 12.8 Å². The van der Waals surface area contributed by atoms with E-state index in [0.29, 0.717) is 25.9 Å². The largest absolute Gasteiger partial charge is 0.396 e. The van der Waals surface area contributed by atoms with Gasteiger partial charge in [-0.25, -0.2) is 12.8 Å². The highest BCUT2D eigenvalue weighted by Gasteiger charge is 2.31. The summed E-state index contributed by atoms with van der Waals surface area (Å²) in [5, 5.41) is 9.19. The first kappa shape index (κ1) is 14.7. The Morgan fingerprint density at radius 1 is 1.37 bits per heavy atom. The van der Waals surface area contributed by atoms with Crippen molar-refractivity contribution in [3.05, 3.63) is 29.0 Å². The molecule has 1 aliphatic rings. The molecule has 0 amide bonds. The Balaban J connectivity index is 2.23. The number of hydrogen-bond acceptors (Lipinski definition) is 3. The Morgan fingerprint density at radius 2 is 2.00 bits per heavy atom. The molecule has 19 heavy (non-hydrogen) atoms. The van der Waals surface area contributed by atoms with Crippen molar-refractivity contribution < 1.29 is 17.9 Å². The molecule has 0 saturated carbocycles. The molecule has 106 valence electrons. The van der Waals surface area contributed by atoms with E-state index in [0.717, 1.165) is 6.07 Å². The Bertz CT molecular complexity index is 556. The molecule has 0 radical (unpaired) electrons. The summed E-state index contributed by atoms with van der Waals surface area (Å²) >= 11 is 5.61. The van der Waals surface area contributed by atoms with Crippen molar-refractivity contribution in [3.8, 4) is 0 Å². The molecule has 1 aliphatic heterocycles. The van der Waals surface area contributed by atoms with Crippen LogP contribution in [0, 0.1) is 11.7 Å². The molecule has 0 atom stereocenters. The smallest absolute Gasteiger partial charge is 0.245 e. The maximum absolute atomic E-state index is 13.7. The zero-order valence-electron chi connectivity index (χ0n) is 10.2. The first-order valence-corrected chi connectivity index (χ1v) is 7.83. The van der Waals surface area contributed by atoms with Gasteiger partial charge in [-0.3, -0.25) is 0 Å². The van der Waals surface area contributed by atoms with Crippen LogP contribution >= 0.6 is 11.6 Å². The molecule has 0 aliphatic carbocycles. The van der Waals surface area contributed by atoms with E-state index in [1.54, 1.807) is 0 Å². The predicted molar refractivity (Wildman–Crippen MR) is 70.0 cm³/mol. The quantitative estimate of drug-likeness (QED) is 0.927. The van der Waals surface area contributed by atoms with E-state index < -0.39 is 15.8 Å². The van der Waals surface area contributed by atoms with E-state index >= 15 is 0 Å². The van der Waals surface area contributed by atoms with Crippen LogP contribution in [-0.2, 0) is 10.0 Å². The van der Waals surface area contributed by atoms with Gasteiger partial charge in [0.15, 0.2) is 0 Å². The van der Waals surface area contributed by atoms with E-state index in [1.807, 2.05) is 0 Å². The minimum Gasteiger partial charge on any atom is -0.396 e. The second-order valence-corrected chi connectivity index (χ2v) is 6.95. The Hall–Kier alpha value is -0.690. The van der Waals surface area contributed by atoms with E-state index in [9.17, 15) is 12.8 Å². The number of aliphatic hydroxyl groups is 1. The minimum atomic E-state index is -3.82. The average Bonchev–Trinajstić information content (AvgIpc) is 2.38. The third kappa shape index (κ3) is 3.08. The Kier molecular flexibility index (Phi) is 4.45. The fourth-order valence-electron chi connectivity index (χ4n) is 2.16. The molecule has 0 unspecified atom stereocenters. The Labute approximate surface area is 116 Å². The van der Waals surface area contributed by atoms with Crippen LogP contribution < -0.4 is 0 Å². The summed E-state index contributed by atoms with van der Waals surface area (Å²) in [6, 6.07) is 3.54. The molecule has 2 rings (SSSR count). The van der Waals surface area contributed by atoms with Gasteiger partial charge in [-0.2, -0.15) is 4.31 Å². The number of benzene rings is 1. The molecule has 1 aromatic rings. The maximum atomic E-state index is 13.7. The van der Waals surface area contributed by atoms with Crippen molar-refractivity contribution in [1.29, 1.82) is 0 Å². The third-order valence-electron chi connectivity index (χ3n) is 3.34. The standard InChI is InChI=1S/C12H15ClFNO3S/c13-10-1-2-12(11(14)7-10)19(17,18)15-5-3-9(8-16)4-6-15/h1-2,7,9,16H,3-6,8H2. The van der Waals surface area contributed by atoms with Crippen LogP contribution in [0.3, 0.4) is 0 Å².